The van der Waals surface area contributed by atoms with Gasteiger partial charge in [0.1, 0.15) is 17.3 Å². The van der Waals surface area contributed by atoms with Crippen LogP contribution in [0.1, 0.15) is 10.4 Å². The number of carbonyl (C=O) groups is 1. The van der Waals surface area contributed by atoms with Crippen molar-refractivity contribution in [3.8, 4) is 11.5 Å². The fourth-order valence-electron chi connectivity index (χ4n) is 1.77. The van der Waals surface area contributed by atoms with Crippen molar-refractivity contribution >= 4 is 23.2 Å². The summed E-state index contributed by atoms with van der Waals surface area (Å²) < 4.78 is 23.8. The fourth-order valence-corrected chi connectivity index (χ4v) is 1.95. The predicted octanol–water partition coefficient (Wildman–Crippen LogP) is 3.75. The van der Waals surface area contributed by atoms with Crippen LogP contribution in [0.5, 0.6) is 11.5 Å². The number of carbonyl (C=O) groups excluding carboxylic acids is 1. The second-order valence-corrected chi connectivity index (χ2v) is 4.58. The van der Waals surface area contributed by atoms with E-state index in [1.54, 1.807) is 12.1 Å². The second-order valence-electron chi connectivity index (χ2n) is 4.14. The number of hydrogen-bond acceptors (Lipinski definition) is 3. The van der Waals surface area contributed by atoms with E-state index < -0.39 is 11.7 Å². The zero-order chi connectivity index (χ0) is 15.4. The summed E-state index contributed by atoms with van der Waals surface area (Å²) in [6, 6.07) is 8.69. The third-order valence-electron chi connectivity index (χ3n) is 2.83. The first-order valence-electron chi connectivity index (χ1n) is 6.03. The molecule has 0 bridgehead atoms. The molecule has 1 N–H and O–H groups in total. The molecule has 0 saturated carbocycles. The number of halogens is 2. The van der Waals surface area contributed by atoms with Crippen molar-refractivity contribution in [1.82, 2.24) is 0 Å². The van der Waals surface area contributed by atoms with E-state index in [-0.39, 0.29) is 11.3 Å². The Hall–Kier alpha value is -2.27. The van der Waals surface area contributed by atoms with Gasteiger partial charge in [0.2, 0.25) is 0 Å². The molecule has 21 heavy (non-hydrogen) atoms. The van der Waals surface area contributed by atoms with Gasteiger partial charge in [-0.25, -0.2) is 4.39 Å². The van der Waals surface area contributed by atoms with Gasteiger partial charge in [-0.1, -0.05) is 11.6 Å². The van der Waals surface area contributed by atoms with Gasteiger partial charge in [-0.05, 0) is 36.4 Å². The van der Waals surface area contributed by atoms with Gasteiger partial charge in [-0.15, -0.1) is 0 Å². The van der Waals surface area contributed by atoms with Crippen molar-refractivity contribution in [2.24, 2.45) is 0 Å². The van der Waals surface area contributed by atoms with E-state index in [1.165, 1.54) is 38.5 Å². The lowest BCUT2D eigenvalue weighted by Crippen LogP contribution is -2.14. The molecule has 0 aliphatic carbocycles. The SMILES string of the molecule is COc1ccc(OC)c(C(=O)Nc2cc(Cl)ccc2F)c1. The Morgan fingerprint density at radius 3 is 2.57 bits per heavy atom. The number of hydrogen-bond donors (Lipinski definition) is 1. The molecule has 2 aromatic carbocycles. The molecule has 0 unspecified atom stereocenters. The summed E-state index contributed by atoms with van der Waals surface area (Å²) >= 11 is 5.79. The van der Waals surface area contributed by atoms with Gasteiger partial charge in [0.15, 0.2) is 0 Å². The highest BCUT2D eigenvalue weighted by molar-refractivity contribution is 6.31. The monoisotopic (exact) mass is 309 g/mol. The van der Waals surface area contributed by atoms with E-state index in [0.717, 1.165) is 0 Å². The first-order chi connectivity index (χ1) is 10.0. The summed E-state index contributed by atoms with van der Waals surface area (Å²) in [5.74, 6) is -0.246. The van der Waals surface area contributed by atoms with Crippen LogP contribution in [-0.4, -0.2) is 20.1 Å². The molecule has 0 aromatic heterocycles. The van der Waals surface area contributed by atoms with Crippen LogP contribution < -0.4 is 14.8 Å². The Balaban J connectivity index is 2.33. The van der Waals surface area contributed by atoms with Crippen LogP contribution in [-0.2, 0) is 0 Å². The van der Waals surface area contributed by atoms with Crippen LogP contribution >= 0.6 is 11.6 Å². The van der Waals surface area contributed by atoms with Crippen LogP contribution in [0.15, 0.2) is 36.4 Å². The normalized spacial score (nSPS) is 10.1. The van der Waals surface area contributed by atoms with Gasteiger partial charge in [0.25, 0.3) is 5.91 Å². The van der Waals surface area contributed by atoms with E-state index in [0.29, 0.717) is 16.5 Å². The summed E-state index contributed by atoms with van der Waals surface area (Å²) in [7, 11) is 2.93. The molecule has 2 aromatic rings. The molecule has 0 saturated heterocycles. The minimum absolute atomic E-state index is 0.00243. The molecule has 0 heterocycles. The molecule has 4 nitrogen and oxygen atoms in total. The standard InChI is InChI=1S/C15H13ClFNO3/c1-20-10-4-6-14(21-2)11(8-10)15(19)18-13-7-9(16)3-5-12(13)17/h3-8H,1-2H3,(H,18,19). The molecule has 2 rings (SSSR count). The summed E-state index contributed by atoms with van der Waals surface area (Å²) in [6.07, 6.45) is 0. The summed E-state index contributed by atoms with van der Waals surface area (Å²) in [6.45, 7) is 0. The smallest absolute Gasteiger partial charge is 0.259 e. The highest BCUT2D eigenvalue weighted by atomic mass is 35.5. The van der Waals surface area contributed by atoms with Crippen molar-refractivity contribution in [3.05, 3.63) is 52.8 Å². The lowest BCUT2D eigenvalue weighted by molar-refractivity contribution is 0.102. The lowest BCUT2D eigenvalue weighted by Gasteiger charge is -2.11. The number of methoxy groups -OCH3 is 2. The minimum atomic E-state index is -0.574. The van der Waals surface area contributed by atoms with Crippen molar-refractivity contribution in [3.63, 3.8) is 0 Å². The fraction of sp³-hybridized carbons (Fsp3) is 0.133. The van der Waals surface area contributed by atoms with Crippen molar-refractivity contribution in [1.29, 1.82) is 0 Å². The number of nitrogens with one attached hydrogen (secondary N) is 1. The zero-order valence-corrected chi connectivity index (χ0v) is 12.2. The average Bonchev–Trinajstić information content (AvgIpc) is 2.50. The Kier molecular flexibility index (Phi) is 4.65. The zero-order valence-electron chi connectivity index (χ0n) is 11.4. The molecule has 0 aliphatic rings. The van der Waals surface area contributed by atoms with E-state index in [4.69, 9.17) is 21.1 Å². The highest BCUT2D eigenvalue weighted by Gasteiger charge is 2.15. The molecular formula is C15H13ClFNO3. The first-order valence-corrected chi connectivity index (χ1v) is 6.41. The number of anilines is 1. The number of rotatable bonds is 4. The van der Waals surface area contributed by atoms with Crippen molar-refractivity contribution in [2.45, 2.75) is 0 Å². The van der Waals surface area contributed by atoms with Gasteiger partial charge in [0, 0.05) is 5.02 Å². The molecule has 6 heteroatoms. The summed E-state index contributed by atoms with van der Waals surface area (Å²) in [5, 5.41) is 2.78. The van der Waals surface area contributed by atoms with Gasteiger partial charge in [0.05, 0.1) is 25.5 Å². The topological polar surface area (TPSA) is 47.6 Å². The van der Waals surface area contributed by atoms with E-state index in [9.17, 15) is 9.18 Å². The quantitative estimate of drug-likeness (QED) is 0.935. The first kappa shape index (κ1) is 15.1. The Bertz CT molecular complexity index is 676. The average molecular weight is 310 g/mol. The van der Waals surface area contributed by atoms with E-state index >= 15 is 0 Å². The van der Waals surface area contributed by atoms with Crippen molar-refractivity contribution in [2.75, 3.05) is 19.5 Å². The Morgan fingerprint density at radius 2 is 1.90 bits per heavy atom. The Labute approximate surface area is 126 Å². The summed E-state index contributed by atoms with van der Waals surface area (Å²) in [5.41, 5.74) is 0.230. The molecule has 0 spiro atoms. The molecular weight excluding hydrogens is 297 g/mol. The largest absolute Gasteiger partial charge is 0.497 e. The number of benzene rings is 2. The van der Waals surface area contributed by atoms with Crippen LogP contribution in [0.25, 0.3) is 0 Å². The van der Waals surface area contributed by atoms with Gasteiger partial charge in [-0.2, -0.15) is 0 Å². The minimum Gasteiger partial charge on any atom is -0.497 e. The van der Waals surface area contributed by atoms with E-state index in [2.05, 4.69) is 5.32 Å². The maximum absolute atomic E-state index is 13.6. The maximum atomic E-state index is 13.6. The third kappa shape index (κ3) is 3.44. The summed E-state index contributed by atoms with van der Waals surface area (Å²) in [4.78, 5) is 12.3. The lowest BCUT2D eigenvalue weighted by atomic mass is 10.1. The predicted molar refractivity (Wildman–Crippen MR) is 78.9 cm³/mol. The van der Waals surface area contributed by atoms with Crippen LogP contribution in [0.3, 0.4) is 0 Å². The van der Waals surface area contributed by atoms with Crippen molar-refractivity contribution < 1.29 is 18.7 Å². The molecule has 110 valence electrons. The molecule has 0 aliphatic heterocycles. The van der Waals surface area contributed by atoms with Gasteiger partial charge >= 0.3 is 0 Å². The van der Waals surface area contributed by atoms with E-state index in [1.807, 2.05) is 0 Å². The van der Waals surface area contributed by atoms with Crippen LogP contribution in [0, 0.1) is 5.82 Å². The molecule has 0 fully saturated rings. The highest BCUT2D eigenvalue weighted by Crippen LogP contribution is 2.26. The molecule has 0 atom stereocenters. The number of ether oxygens (including phenoxy) is 2. The Morgan fingerprint density at radius 1 is 1.14 bits per heavy atom. The molecule has 0 radical (unpaired) electrons. The van der Waals surface area contributed by atoms with Gasteiger partial charge < -0.3 is 14.8 Å². The van der Waals surface area contributed by atoms with Crippen LogP contribution in [0.4, 0.5) is 10.1 Å². The number of amides is 1. The second kappa shape index (κ2) is 6.45. The molecule has 1 amide bonds. The van der Waals surface area contributed by atoms with Gasteiger partial charge in [-0.3, -0.25) is 4.79 Å². The third-order valence-corrected chi connectivity index (χ3v) is 3.06. The maximum Gasteiger partial charge on any atom is 0.259 e. The van der Waals surface area contributed by atoms with Crippen LogP contribution in [0.2, 0.25) is 5.02 Å².